The molecule has 0 aliphatic carbocycles. The van der Waals surface area contributed by atoms with E-state index in [4.69, 9.17) is 4.74 Å². The molecule has 1 aromatic heterocycles. The summed E-state index contributed by atoms with van der Waals surface area (Å²) in [5, 5.41) is 0. The predicted octanol–water partition coefficient (Wildman–Crippen LogP) is 1.56. The number of hydrogen-bond acceptors (Lipinski definition) is 6. The highest BCUT2D eigenvalue weighted by Crippen LogP contribution is 2.21. The summed E-state index contributed by atoms with van der Waals surface area (Å²) in [5.74, 6) is 0. The molecule has 0 saturated carbocycles. The van der Waals surface area contributed by atoms with Gasteiger partial charge in [0.05, 0.1) is 18.1 Å². The van der Waals surface area contributed by atoms with Crippen molar-refractivity contribution in [3.63, 3.8) is 0 Å². The number of sulfonamides is 2. The van der Waals surface area contributed by atoms with Crippen LogP contribution in [0, 0.1) is 6.92 Å². The van der Waals surface area contributed by atoms with Gasteiger partial charge in [-0.25, -0.2) is 21.6 Å². The molecule has 3 rings (SSSR count). The molecule has 0 spiro atoms. The maximum absolute atomic E-state index is 12.6. The van der Waals surface area contributed by atoms with E-state index in [9.17, 15) is 16.8 Å². The largest absolute Gasteiger partial charge is 0.379 e. The van der Waals surface area contributed by atoms with Crippen molar-refractivity contribution < 1.29 is 21.6 Å². The highest BCUT2D eigenvalue weighted by molar-refractivity contribution is 7.91. The Balaban J connectivity index is 1.68. The van der Waals surface area contributed by atoms with E-state index in [1.165, 1.54) is 27.8 Å². The van der Waals surface area contributed by atoms with Crippen molar-refractivity contribution >= 4 is 31.4 Å². The van der Waals surface area contributed by atoms with Crippen molar-refractivity contribution in [1.82, 2.24) is 9.03 Å². The first-order valence-electron chi connectivity index (χ1n) is 8.02. The van der Waals surface area contributed by atoms with Gasteiger partial charge in [0.1, 0.15) is 4.21 Å². The SMILES string of the molecule is Cc1ccc(S(=O)(=O)NCc2ccc(S(=O)(=O)N3CCOCC3)cc2)s1. The van der Waals surface area contributed by atoms with Crippen LogP contribution in [0.5, 0.6) is 0 Å². The molecule has 0 unspecified atom stereocenters. The van der Waals surface area contributed by atoms with Crippen molar-refractivity contribution in [3.05, 3.63) is 46.8 Å². The fourth-order valence-electron chi connectivity index (χ4n) is 2.52. The summed E-state index contributed by atoms with van der Waals surface area (Å²) in [5.41, 5.74) is 0.683. The van der Waals surface area contributed by atoms with E-state index in [-0.39, 0.29) is 15.6 Å². The van der Waals surface area contributed by atoms with E-state index >= 15 is 0 Å². The lowest BCUT2D eigenvalue weighted by atomic mass is 10.2. The lowest BCUT2D eigenvalue weighted by Crippen LogP contribution is -2.40. The van der Waals surface area contributed by atoms with Crippen molar-refractivity contribution in [2.75, 3.05) is 26.3 Å². The van der Waals surface area contributed by atoms with Gasteiger partial charge in [-0.1, -0.05) is 12.1 Å². The quantitative estimate of drug-likeness (QED) is 0.771. The molecule has 1 aliphatic rings. The molecule has 0 radical (unpaired) electrons. The van der Waals surface area contributed by atoms with Crippen molar-refractivity contribution in [1.29, 1.82) is 0 Å². The average molecular weight is 417 g/mol. The molecule has 26 heavy (non-hydrogen) atoms. The van der Waals surface area contributed by atoms with Crippen molar-refractivity contribution in [3.8, 4) is 0 Å². The predicted molar refractivity (Wildman–Crippen MR) is 99.1 cm³/mol. The number of thiophene rings is 1. The van der Waals surface area contributed by atoms with Gasteiger partial charge < -0.3 is 4.74 Å². The molecule has 1 fully saturated rings. The van der Waals surface area contributed by atoms with Crippen LogP contribution in [0.3, 0.4) is 0 Å². The van der Waals surface area contributed by atoms with E-state index < -0.39 is 20.0 Å². The van der Waals surface area contributed by atoms with E-state index in [0.717, 1.165) is 4.88 Å². The Morgan fingerprint density at radius 2 is 1.69 bits per heavy atom. The summed E-state index contributed by atoms with van der Waals surface area (Å²) >= 11 is 1.21. The van der Waals surface area contributed by atoms with Crippen LogP contribution in [0.4, 0.5) is 0 Å². The summed E-state index contributed by atoms with van der Waals surface area (Å²) in [6.07, 6.45) is 0. The topological polar surface area (TPSA) is 92.8 Å². The normalized spacial score (nSPS) is 16.7. The van der Waals surface area contributed by atoms with Gasteiger partial charge >= 0.3 is 0 Å². The molecule has 1 aromatic carbocycles. The Morgan fingerprint density at radius 3 is 2.27 bits per heavy atom. The Morgan fingerprint density at radius 1 is 1.04 bits per heavy atom. The zero-order valence-electron chi connectivity index (χ0n) is 14.2. The first-order valence-corrected chi connectivity index (χ1v) is 11.8. The third kappa shape index (κ3) is 4.33. The van der Waals surface area contributed by atoms with Crippen LogP contribution in [-0.4, -0.2) is 47.4 Å². The minimum atomic E-state index is -3.57. The monoisotopic (exact) mass is 416 g/mol. The highest BCUT2D eigenvalue weighted by atomic mass is 32.2. The van der Waals surface area contributed by atoms with Gasteiger partial charge in [0, 0.05) is 24.5 Å². The molecular weight excluding hydrogens is 396 g/mol. The van der Waals surface area contributed by atoms with Crippen LogP contribution in [-0.2, 0) is 31.3 Å². The second kappa shape index (κ2) is 7.75. The Bertz CT molecular complexity index is 960. The van der Waals surface area contributed by atoms with Gasteiger partial charge in [-0.3, -0.25) is 0 Å². The molecule has 1 saturated heterocycles. The summed E-state index contributed by atoms with van der Waals surface area (Å²) in [7, 11) is -7.11. The number of nitrogens with zero attached hydrogens (tertiary/aromatic N) is 1. The zero-order chi connectivity index (χ0) is 18.8. The molecule has 0 amide bonds. The number of aryl methyl sites for hydroxylation is 1. The Kier molecular flexibility index (Phi) is 5.80. The van der Waals surface area contributed by atoms with Crippen LogP contribution in [0.1, 0.15) is 10.4 Å². The van der Waals surface area contributed by atoms with Crippen LogP contribution < -0.4 is 4.72 Å². The lowest BCUT2D eigenvalue weighted by molar-refractivity contribution is 0.0730. The molecule has 142 valence electrons. The van der Waals surface area contributed by atoms with E-state index in [2.05, 4.69) is 4.72 Å². The van der Waals surface area contributed by atoms with Gasteiger partial charge in [-0.2, -0.15) is 4.31 Å². The maximum atomic E-state index is 12.6. The summed E-state index contributed by atoms with van der Waals surface area (Å²) in [4.78, 5) is 1.11. The molecular formula is C16H20N2O5S3. The molecule has 1 N–H and O–H groups in total. The minimum absolute atomic E-state index is 0.0944. The first kappa shape index (κ1) is 19.5. The van der Waals surface area contributed by atoms with Crippen LogP contribution >= 0.6 is 11.3 Å². The first-order chi connectivity index (χ1) is 12.3. The molecule has 2 aromatic rings. The number of rotatable bonds is 6. The standard InChI is InChI=1S/C16H20N2O5S3/c1-13-2-7-16(24-13)25(19,20)17-12-14-3-5-15(6-4-14)26(21,22)18-8-10-23-11-9-18/h2-7,17H,8-12H2,1H3. The van der Waals surface area contributed by atoms with E-state index in [1.807, 2.05) is 6.92 Å². The fourth-order valence-corrected chi connectivity index (χ4v) is 6.27. The number of ether oxygens (including phenoxy) is 1. The summed E-state index contributed by atoms with van der Waals surface area (Å²) in [6, 6.07) is 9.57. The molecule has 0 bridgehead atoms. The van der Waals surface area contributed by atoms with Crippen LogP contribution in [0.15, 0.2) is 45.5 Å². The lowest BCUT2D eigenvalue weighted by Gasteiger charge is -2.26. The number of benzene rings is 1. The second-order valence-corrected chi connectivity index (χ2v) is 11.1. The highest BCUT2D eigenvalue weighted by Gasteiger charge is 2.26. The van der Waals surface area contributed by atoms with Gasteiger partial charge in [0.2, 0.25) is 20.0 Å². The number of morpholine rings is 1. The van der Waals surface area contributed by atoms with Crippen LogP contribution in [0.25, 0.3) is 0 Å². The van der Waals surface area contributed by atoms with Crippen molar-refractivity contribution in [2.24, 2.45) is 0 Å². The van der Waals surface area contributed by atoms with Gasteiger partial charge in [0.15, 0.2) is 0 Å². The van der Waals surface area contributed by atoms with E-state index in [1.54, 1.807) is 24.3 Å². The Hall–Kier alpha value is -1.30. The average Bonchev–Trinajstić information content (AvgIpc) is 3.09. The fraction of sp³-hybridized carbons (Fsp3) is 0.375. The van der Waals surface area contributed by atoms with Gasteiger partial charge in [-0.05, 0) is 36.8 Å². The third-order valence-corrected chi connectivity index (χ3v) is 8.78. The summed E-state index contributed by atoms with van der Waals surface area (Å²) < 4.78 is 59.0. The molecule has 2 heterocycles. The molecule has 10 heteroatoms. The Labute approximate surface area is 157 Å². The smallest absolute Gasteiger partial charge is 0.250 e. The van der Waals surface area contributed by atoms with Gasteiger partial charge in [-0.15, -0.1) is 11.3 Å². The second-order valence-electron chi connectivity index (χ2n) is 5.85. The molecule has 7 nitrogen and oxygen atoms in total. The van der Waals surface area contributed by atoms with Crippen LogP contribution in [0.2, 0.25) is 0 Å². The minimum Gasteiger partial charge on any atom is -0.379 e. The van der Waals surface area contributed by atoms with E-state index in [0.29, 0.717) is 31.9 Å². The summed E-state index contributed by atoms with van der Waals surface area (Å²) in [6.45, 7) is 3.39. The number of nitrogens with one attached hydrogen (secondary N) is 1. The zero-order valence-corrected chi connectivity index (χ0v) is 16.7. The van der Waals surface area contributed by atoms with Gasteiger partial charge in [0.25, 0.3) is 0 Å². The van der Waals surface area contributed by atoms with Crippen molar-refractivity contribution in [2.45, 2.75) is 22.6 Å². The third-order valence-electron chi connectivity index (χ3n) is 3.98. The maximum Gasteiger partial charge on any atom is 0.250 e. The molecule has 0 atom stereocenters. The molecule has 1 aliphatic heterocycles. The number of hydrogen-bond donors (Lipinski definition) is 1.